The van der Waals surface area contributed by atoms with Crippen LogP contribution in [0.5, 0.6) is 0 Å². The number of hydrogen-bond acceptors (Lipinski definition) is 8. The van der Waals surface area contributed by atoms with E-state index in [2.05, 4.69) is 43.7 Å². The van der Waals surface area contributed by atoms with Gasteiger partial charge in [0.15, 0.2) is 11.5 Å². The summed E-state index contributed by atoms with van der Waals surface area (Å²) < 4.78 is 46.3. The molecule has 3 aliphatic rings. The predicted octanol–water partition coefficient (Wildman–Crippen LogP) is 4.13. The molecule has 4 aromatic rings. The molecule has 0 radical (unpaired) electrons. The van der Waals surface area contributed by atoms with Crippen molar-refractivity contribution in [1.29, 1.82) is 0 Å². The zero-order chi connectivity index (χ0) is 30.9. The van der Waals surface area contributed by atoms with E-state index >= 15 is 0 Å². The highest BCUT2D eigenvalue weighted by Crippen LogP contribution is 2.68. The van der Waals surface area contributed by atoms with Crippen molar-refractivity contribution in [2.75, 3.05) is 43.4 Å². The van der Waals surface area contributed by atoms with Crippen molar-refractivity contribution in [2.24, 2.45) is 5.41 Å². The summed E-state index contributed by atoms with van der Waals surface area (Å²) >= 11 is 0. The van der Waals surface area contributed by atoms with Crippen LogP contribution in [0.1, 0.15) is 30.5 Å². The van der Waals surface area contributed by atoms with Crippen LogP contribution >= 0.6 is 0 Å². The van der Waals surface area contributed by atoms with E-state index < -0.39 is 28.4 Å². The first-order valence-corrected chi connectivity index (χ1v) is 14.7. The number of aliphatic hydroxyl groups is 1. The topological polar surface area (TPSA) is 104 Å². The predicted molar refractivity (Wildman–Crippen MR) is 160 cm³/mol. The largest absolute Gasteiger partial charge is 0.423 e. The summed E-state index contributed by atoms with van der Waals surface area (Å²) in [6.45, 7) is 7.67. The van der Waals surface area contributed by atoms with Gasteiger partial charge in [-0.3, -0.25) is 4.79 Å². The smallest absolute Gasteiger partial charge is 0.375 e. The number of benzene rings is 1. The number of alkyl halides is 3. The van der Waals surface area contributed by atoms with Crippen LogP contribution in [0.25, 0.3) is 16.9 Å². The number of likely N-dealkylation sites (N-methyl/N-ethyl adjacent to an activating group) is 1. The molecule has 1 spiro atoms. The van der Waals surface area contributed by atoms with Gasteiger partial charge in [0.1, 0.15) is 5.39 Å². The number of aryl methyl sites for hydroxylation is 1. The zero-order valence-corrected chi connectivity index (χ0v) is 24.3. The molecule has 2 fully saturated rings. The highest BCUT2D eigenvalue weighted by atomic mass is 19.4. The Balaban J connectivity index is 1.28. The van der Waals surface area contributed by atoms with Crippen LogP contribution in [0.3, 0.4) is 0 Å². The second kappa shape index (κ2) is 10.2. The van der Waals surface area contributed by atoms with Gasteiger partial charge >= 0.3 is 6.18 Å². The number of fused-ring (bicyclic) bond motifs is 2. The van der Waals surface area contributed by atoms with Gasteiger partial charge in [-0.2, -0.15) is 18.2 Å². The van der Waals surface area contributed by atoms with Gasteiger partial charge in [0.2, 0.25) is 11.5 Å². The monoisotopic (exact) mass is 606 g/mol. The molecule has 44 heavy (non-hydrogen) atoms. The van der Waals surface area contributed by atoms with E-state index in [1.807, 2.05) is 24.3 Å². The van der Waals surface area contributed by atoms with Gasteiger partial charge in [0.05, 0.1) is 12.2 Å². The number of allylic oxidation sites excluding steroid dienone is 1. The number of halogens is 3. The van der Waals surface area contributed by atoms with Gasteiger partial charge in [0, 0.05) is 49.2 Å². The molecule has 4 heterocycles. The second-order valence-electron chi connectivity index (χ2n) is 12.0. The number of nitrogens with one attached hydrogen (secondary N) is 1. The molecule has 1 saturated carbocycles. The maximum absolute atomic E-state index is 14.5. The number of rotatable bonds is 6. The molecule has 13 heteroatoms. The van der Waals surface area contributed by atoms with Crippen molar-refractivity contribution < 1.29 is 18.3 Å². The SMILES string of the molecule is C=CCn1c(=O)c2cnc(Nc3ccc(N4CCN(C)CC4)cc3)nc2n1-c1ccc2c(n1)[C@@](O)(C(F)(F)F)C1(CC2)CC1. The first-order valence-electron chi connectivity index (χ1n) is 14.7. The number of nitrogens with zero attached hydrogens (tertiary/aromatic N) is 7. The first kappa shape index (κ1) is 28.5. The molecule has 0 bridgehead atoms. The van der Waals surface area contributed by atoms with Crippen molar-refractivity contribution in [3.63, 3.8) is 0 Å². The molecule has 0 unspecified atom stereocenters. The molecule has 2 aliphatic carbocycles. The number of piperazine rings is 1. The Morgan fingerprint density at radius 3 is 2.43 bits per heavy atom. The van der Waals surface area contributed by atoms with Gasteiger partial charge in [-0.25, -0.2) is 19.3 Å². The number of anilines is 3. The zero-order valence-electron chi connectivity index (χ0n) is 24.3. The summed E-state index contributed by atoms with van der Waals surface area (Å²) in [6.07, 6.45) is -0.829. The Kier molecular flexibility index (Phi) is 6.59. The van der Waals surface area contributed by atoms with E-state index in [0.29, 0.717) is 12.0 Å². The van der Waals surface area contributed by atoms with Crippen LogP contribution in [0.2, 0.25) is 0 Å². The fourth-order valence-corrected chi connectivity index (χ4v) is 6.67. The van der Waals surface area contributed by atoms with Crippen molar-refractivity contribution in [2.45, 2.75) is 44.0 Å². The minimum absolute atomic E-state index is 0.0410. The molecule has 0 amide bonds. The number of aromatic nitrogens is 5. The fourth-order valence-electron chi connectivity index (χ4n) is 6.67. The molecule has 1 aromatic carbocycles. The van der Waals surface area contributed by atoms with Crippen molar-refractivity contribution in [3.05, 3.63) is 76.9 Å². The Morgan fingerprint density at radius 1 is 1.05 bits per heavy atom. The quantitative estimate of drug-likeness (QED) is 0.316. The second-order valence-corrected chi connectivity index (χ2v) is 12.0. The molecule has 2 N–H and O–H groups in total. The molecule has 1 atom stereocenters. The first-order chi connectivity index (χ1) is 21.0. The van der Waals surface area contributed by atoms with Crippen LogP contribution in [-0.4, -0.2) is 73.7 Å². The van der Waals surface area contributed by atoms with Crippen LogP contribution < -0.4 is 15.8 Å². The van der Waals surface area contributed by atoms with E-state index in [4.69, 9.17) is 0 Å². The van der Waals surface area contributed by atoms with Gasteiger partial charge in [0.25, 0.3) is 5.56 Å². The Labute approximate surface area is 251 Å². The summed E-state index contributed by atoms with van der Waals surface area (Å²) in [5.41, 5.74) is -2.83. The molecule has 1 aliphatic heterocycles. The third-order valence-corrected chi connectivity index (χ3v) is 9.40. The lowest BCUT2D eigenvalue weighted by Gasteiger charge is -2.42. The lowest BCUT2D eigenvalue weighted by atomic mass is 9.71. The van der Waals surface area contributed by atoms with Gasteiger partial charge in [-0.15, -0.1) is 6.58 Å². The molecular weight excluding hydrogens is 573 g/mol. The highest BCUT2D eigenvalue weighted by molar-refractivity contribution is 5.77. The third kappa shape index (κ3) is 4.40. The van der Waals surface area contributed by atoms with Crippen LogP contribution in [0.15, 0.2) is 60.0 Å². The summed E-state index contributed by atoms with van der Waals surface area (Å²) in [5.74, 6) is 0.246. The van der Waals surface area contributed by atoms with E-state index in [1.165, 1.54) is 21.6 Å². The average molecular weight is 607 g/mol. The van der Waals surface area contributed by atoms with E-state index in [0.717, 1.165) is 37.6 Å². The van der Waals surface area contributed by atoms with Crippen LogP contribution in [0.4, 0.5) is 30.5 Å². The van der Waals surface area contributed by atoms with Gasteiger partial charge in [-0.05, 0) is 68.6 Å². The summed E-state index contributed by atoms with van der Waals surface area (Å²) in [5, 5.41) is 14.7. The maximum Gasteiger partial charge on any atom is 0.423 e. The Bertz CT molecular complexity index is 1800. The third-order valence-electron chi connectivity index (χ3n) is 9.40. The maximum atomic E-state index is 14.5. The van der Waals surface area contributed by atoms with Crippen LogP contribution in [0, 0.1) is 5.41 Å². The number of pyridine rings is 1. The highest BCUT2D eigenvalue weighted by Gasteiger charge is 2.74. The van der Waals surface area contributed by atoms with Crippen molar-refractivity contribution in [3.8, 4) is 5.82 Å². The van der Waals surface area contributed by atoms with Gasteiger partial charge in [-0.1, -0.05) is 12.1 Å². The van der Waals surface area contributed by atoms with Crippen molar-refractivity contribution in [1.82, 2.24) is 29.2 Å². The van der Waals surface area contributed by atoms with Crippen LogP contribution in [-0.2, 0) is 18.6 Å². The summed E-state index contributed by atoms with van der Waals surface area (Å²) in [7, 11) is 2.11. The molecule has 7 rings (SSSR count). The fraction of sp³-hybridized carbons (Fsp3) is 0.419. The van der Waals surface area contributed by atoms with E-state index in [1.54, 1.807) is 12.1 Å². The normalized spacial score (nSPS) is 21.4. The van der Waals surface area contributed by atoms with Crippen molar-refractivity contribution >= 4 is 28.4 Å². The molecule has 3 aromatic heterocycles. The summed E-state index contributed by atoms with van der Waals surface area (Å²) in [6, 6.07) is 11.0. The van der Waals surface area contributed by atoms with Gasteiger partial charge < -0.3 is 20.2 Å². The standard InChI is InChI=1S/C31H33F3N8O2/c1-3-14-41-27(43)23-19-35-28(36-21-5-7-22(8-6-21)40-17-15-39(2)16-18-40)38-26(23)42(41)24-9-4-20-10-11-29(12-13-29)30(44,25(20)37-24)31(32,33)34/h3-9,19,44H,1,10-18H2,2H3,(H,35,36,38)/t30-/m0/s1. The lowest BCUT2D eigenvalue weighted by molar-refractivity contribution is -0.298. The minimum atomic E-state index is -4.91. The molecular formula is C31H33F3N8O2. The summed E-state index contributed by atoms with van der Waals surface area (Å²) in [4.78, 5) is 31.4. The Morgan fingerprint density at radius 2 is 1.77 bits per heavy atom. The minimum Gasteiger partial charge on any atom is -0.375 e. The molecule has 1 saturated heterocycles. The van der Waals surface area contributed by atoms with E-state index in [9.17, 15) is 23.1 Å². The molecule has 230 valence electrons. The Hall–Kier alpha value is -4.23. The molecule has 10 nitrogen and oxygen atoms in total. The average Bonchev–Trinajstić information content (AvgIpc) is 3.75. The lowest BCUT2D eigenvalue weighted by Crippen LogP contribution is -2.53. The number of hydrogen-bond donors (Lipinski definition) is 2. The van der Waals surface area contributed by atoms with E-state index in [-0.39, 0.29) is 48.6 Å².